The minimum Gasteiger partial charge on any atom is -0.101 e. The van der Waals surface area contributed by atoms with Crippen LogP contribution in [0.1, 0.15) is 20.8 Å². The lowest BCUT2D eigenvalue weighted by molar-refractivity contribution is 1.60. The Hall–Kier alpha value is -0.960. The van der Waals surface area contributed by atoms with Gasteiger partial charge in [0, 0.05) is 5.57 Å². The van der Waals surface area contributed by atoms with Crippen LogP contribution in [0.15, 0.2) is 23.8 Å². The van der Waals surface area contributed by atoms with Gasteiger partial charge in [-0.15, -0.1) is 5.92 Å². The smallest absolute Gasteiger partial charge is 0.0199 e. The maximum atomic E-state index is 2.96. The summed E-state index contributed by atoms with van der Waals surface area (Å²) in [6.45, 7) is 5.81. The molecule has 0 radical (unpaired) electrons. The van der Waals surface area contributed by atoms with Crippen molar-refractivity contribution in [3.05, 3.63) is 23.8 Å². The van der Waals surface area contributed by atoms with Crippen molar-refractivity contribution in [3.63, 3.8) is 0 Å². The van der Waals surface area contributed by atoms with Crippen LogP contribution < -0.4 is 0 Å². The van der Waals surface area contributed by atoms with E-state index in [4.69, 9.17) is 0 Å². The van der Waals surface area contributed by atoms with Crippen LogP contribution in [0.5, 0.6) is 0 Å². The maximum absolute atomic E-state index is 2.96. The molecule has 0 spiro atoms. The largest absolute Gasteiger partial charge is 0.101 e. The van der Waals surface area contributed by atoms with Gasteiger partial charge in [0.15, 0.2) is 0 Å². The fourth-order valence-electron chi connectivity index (χ4n) is 0.534. The Balaban J connectivity index is 4.13. The fraction of sp³-hybridized carbons (Fsp3) is 0.333. The molecular formula is C9H12. The summed E-state index contributed by atoms with van der Waals surface area (Å²) in [5.41, 5.74) is 1.08. The Bertz CT molecular complexity index is 172. The summed E-state index contributed by atoms with van der Waals surface area (Å²) in [4.78, 5) is 0. The van der Waals surface area contributed by atoms with E-state index in [1.165, 1.54) is 0 Å². The minimum absolute atomic E-state index is 1.08. The van der Waals surface area contributed by atoms with E-state index in [0.717, 1.165) is 5.57 Å². The van der Waals surface area contributed by atoms with Gasteiger partial charge in [-0.1, -0.05) is 24.1 Å². The molecule has 0 aromatic rings. The van der Waals surface area contributed by atoms with Crippen LogP contribution in [0.25, 0.3) is 0 Å². The van der Waals surface area contributed by atoms with Crippen molar-refractivity contribution in [2.24, 2.45) is 0 Å². The summed E-state index contributed by atoms with van der Waals surface area (Å²) in [7, 11) is 0. The summed E-state index contributed by atoms with van der Waals surface area (Å²) in [5, 5.41) is 0. The third kappa shape index (κ3) is 3.61. The zero-order valence-corrected chi connectivity index (χ0v) is 6.23. The predicted octanol–water partition coefficient (Wildman–Crippen LogP) is 2.53. The quantitative estimate of drug-likeness (QED) is 0.368. The van der Waals surface area contributed by atoms with Crippen LogP contribution in [0, 0.1) is 11.8 Å². The van der Waals surface area contributed by atoms with Gasteiger partial charge in [-0.25, -0.2) is 0 Å². The number of rotatable bonds is 1. The standard InChI is InChI=1S/C9H12/c1-4-7-9(6-3)8-5-2/h4,6-7H,1-3H3/b7-4-,9-6+. The van der Waals surface area contributed by atoms with Crippen molar-refractivity contribution < 1.29 is 0 Å². The van der Waals surface area contributed by atoms with E-state index < -0.39 is 0 Å². The van der Waals surface area contributed by atoms with Gasteiger partial charge in [-0.3, -0.25) is 0 Å². The number of allylic oxidation sites excluding steroid dienone is 4. The molecule has 0 heterocycles. The number of hydrogen-bond donors (Lipinski definition) is 0. The molecule has 0 fully saturated rings. The van der Waals surface area contributed by atoms with Crippen LogP contribution >= 0.6 is 0 Å². The van der Waals surface area contributed by atoms with Crippen LogP contribution in [0.4, 0.5) is 0 Å². The molecule has 0 aromatic carbocycles. The van der Waals surface area contributed by atoms with Gasteiger partial charge >= 0.3 is 0 Å². The first-order valence-corrected chi connectivity index (χ1v) is 3.07. The van der Waals surface area contributed by atoms with Crippen molar-refractivity contribution in [1.29, 1.82) is 0 Å². The monoisotopic (exact) mass is 120 g/mol. The summed E-state index contributed by atoms with van der Waals surface area (Å²) in [5.74, 6) is 5.79. The normalized spacial score (nSPS) is 11.2. The highest BCUT2D eigenvalue weighted by Gasteiger charge is 1.76. The first-order valence-electron chi connectivity index (χ1n) is 3.07. The van der Waals surface area contributed by atoms with Crippen molar-refractivity contribution in [1.82, 2.24) is 0 Å². The predicted molar refractivity (Wildman–Crippen MR) is 42.0 cm³/mol. The molecule has 0 rings (SSSR count). The molecule has 0 aromatic heterocycles. The lowest BCUT2D eigenvalue weighted by atomic mass is 10.2. The van der Waals surface area contributed by atoms with Crippen molar-refractivity contribution in [3.8, 4) is 11.8 Å². The zero-order valence-electron chi connectivity index (χ0n) is 6.23. The van der Waals surface area contributed by atoms with Crippen molar-refractivity contribution in [2.75, 3.05) is 0 Å². The maximum Gasteiger partial charge on any atom is 0.0199 e. The van der Waals surface area contributed by atoms with E-state index in [9.17, 15) is 0 Å². The van der Waals surface area contributed by atoms with Gasteiger partial charge in [0.25, 0.3) is 0 Å². The molecule has 0 aliphatic heterocycles. The molecule has 0 N–H and O–H groups in total. The van der Waals surface area contributed by atoms with Crippen molar-refractivity contribution >= 4 is 0 Å². The molecule has 0 nitrogen and oxygen atoms in total. The van der Waals surface area contributed by atoms with E-state index in [1.807, 2.05) is 39.0 Å². The first kappa shape index (κ1) is 8.04. The van der Waals surface area contributed by atoms with E-state index in [2.05, 4.69) is 11.8 Å². The topological polar surface area (TPSA) is 0 Å². The average Bonchev–Trinajstić information content (AvgIpc) is 1.88. The van der Waals surface area contributed by atoms with Gasteiger partial charge in [-0.05, 0) is 20.8 Å². The first-order chi connectivity index (χ1) is 4.35. The van der Waals surface area contributed by atoms with E-state index in [-0.39, 0.29) is 0 Å². The molecule has 0 aliphatic rings. The second-order valence-corrected chi connectivity index (χ2v) is 1.62. The zero-order chi connectivity index (χ0) is 7.11. The Morgan fingerprint density at radius 3 is 2.33 bits per heavy atom. The molecule has 0 aliphatic carbocycles. The van der Waals surface area contributed by atoms with E-state index >= 15 is 0 Å². The molecular weight excluding hydrogens is 108 g/mol. The minimum atomic E-state index is 1.08. The highest BCUT2D eigenvalue weighted by atomic mass is 13.8. The molecule has 0 atom stereocenters. The Kier molecular flexibility index (Phi) is 4.63. The third-order valence-corrected chi connectivity index (χ3v) is 0.927. The molecule has 0 bridgehead atoms. The van der Waals surface area contributed by atoms with Gasteiger partial charge in [0.2, 0.25) is 0 Å². The second-order valence-electron chi connectivity index (χ2n) is 1.62. The molecule has 0 saturated heterocycles. The van der Waals surface area contributed by atoms with Crippen molar-refractivity contribution in [2.45, 2.75) is 20.8 Å². The van der Waals surface area contributed by atoms with Gasteiger partial charge in [0.1, 0.15) is 0 Å². The molecule has 48 valence electrons. The van der Waals surface area contributed by atoms with Crippen LogP contribution in [-0.2, 0) is 0 Å². The molecule has 0 unspecified atom stereocenters. The summed E-state index contributed by atoms with van der Waals surface area (Å²) in [6.07, 6.45) is 5.98. The molecule has 0 heteroatoms. The molecule has 0 saturated carbocycles. The lowest BCUT2D eigenvalue weighted by Gasteiger charge is -1.82. The van der Waals surface area contributed by atoms with Gasteiger partial charge < -0.3 is 0 Å². The second kappa shape index (κ2) is 5.18. The van der Waals surface area contributed by atoms with Crippen LogP contribution in [0.3, 0.4) is 0 Å². The van der Waals surface area contributed by atoms with E-state index in [1.54, 1.807) is 0 Å². The Morgan fingerprint density at radius 2 is 2.00 bits per heavy atom. The lowest BCUT2D eigenvalue weighted by Crippen LogP contribution is -1.67. The summed E-state index contributed by atoms with van der Waals surface area (Å²) in [6, 6.07) is 0. The Morgan fingerprint density at radius 1 is 1.33 bits per heavy atom. The van der Waals surface area contributed by atoms with E-state index in [0.29, 0.717) is 0 Å². The average molecular weight is 120 g/mol. The third-order valence-electron chi connectivity index (χ3n) is 0.927. The summed E-state index contributed by atoms with van der Waals surface area (Å²) < 4.78 is 0. The van der Waals surface area contributed by atoms with Crippen LogP contribution in [-0.4, -0.2) is 0 Å². The fourth-order valence-corrected chi connectivity index (χ4v) is 0.534. The Labute approximate surface area is 57.3 Å². The van der Waals surface area contributed by atoms with Gasteiger partial charge in [-0.2, -0.15) is 0 Å². The summed E-state index contributed by atoms with van der Waals surface area (Å²) >= 11 is 0. The highest BCUT2D eigenvalue weighted by Crippen LogP contribution is 1.92. The molecule has 0 amide bonds. The SMILES string of the molecule is CC#CC(/C=C\C)=C/C. The highest BCUT2D eigenvalue weighted by molar-refractivity contribution is 5.36. The van der Waals surface area contributed by atoms with Gasteiger partial charge in [0.05, 0.1) is 0 Å². The number of hydrogen-bond acceptors (Lipinski definition) is 0. The van der Waals surface area contributed by atoms with Crippen LogP contribution in [0.2, 0.25) is 0 Å². The molecule has 9 heavy (non-hydrogen) atoms.